The molecule has 354 valence electrons. The number of H-pyrrole nitrogens is 1. The van der Waals surface area contributed by atoms with Gasteiger partial charge in [0.15, 0.2) is 18.1 Å². The molecule has 5 N–H and O–H groups in total. The number of hydrogen-bond donors (Lipinski definition) is 5. The number of rotatable bonds is 14. The molecule has 5 aromatic rings. The Morgan fingerprint density at radius 2 is 1.70 bits per heavy atom. The molecule has 2 aromatic heterocycles. The first-order chi connectivity index (χ1) is 33.1. The smallest absolute Gasteiger partial charge is 0.231 e. The van der Waals surface area contributed by atoms with E-state index in [4.69, 9.17) is 20.0 Å². The van der Waals surface area contributed by atoms with E-state index in [0.717, 1.165) is 95.1 Å². The van der Waals surface area contributed by atoms with Crippen molar-refractivity contribution >= 4 is 62.2 Å². The highest BCUT2D eigenvalue weighted by atomic mass is 32.2. The second kappa shape index (κ2) is 17.0. The Morgan fingerprint density at radius 3 is 2.48 bits per heavy atom. The molecule has 1 saturated carbocycles. The SMILES string of the molecule is CC1(C)C2=C3C=C4C5=[N+](CCC4OC3CCN2c2ccc(CC(=O)NCCCNc3cc(Nc4cc(C6CC6)[nH]n4)nc(Nc4ccc(CC#N)cc4)n3)cc21)c1ccc(S(=O)(=O)[O-])cc1C5(C)C. The number of nitrogens with one attached hydrogen (secondary N) is 5. The van der Waals surface area contributed by atoms with Crippen LogP contribution in [0.1, 0.15) is 93.7 Å². The zero-order valence-electron chi connectivity index (χ0n) is 39.1. The first-order valence-corrected chi connectivity index (χ1v) is 25.3. The van der Waals surface area contributed by atoms with Crippen LogP contribution < -0.4 is 26.2 Å². The number of anilines is 6. The average Bonchev–Trinajstić information content (AvgIpc) is 3.96. The third-order valence-corrected chi connectivity index (χ3v) is 15.3. The molecule has 1 amide bonds. The Kier molecular flexibility index (Phi) is 11.0. The van der Waals surface area contributed by atoms with E-state index in [1.807, 2.05) is 36.4 Å². The number of allylic oxidation sites excluding steroid dienone is 1. The van der Waals surface area contributed by atoms with Crippen molar-refractivity contribution in [2.75, 3.05) is 47.0 Å². The van der Waals surface area contributed by atoms with Crippen LogP contribution in [-0.4, -0.2) is 87.7 Å². The molecule has 69 heavy (non-hydrogen) atoms. The first kappa shape index (κ1) is 44.6. The second-order valence-corrected chi connectivity index (χ2v) is 21.4. The molecule has 11 rings (SSSR count). The summed E-state index contributed by atoms with van der Waals surface area (Å²) in [5, 5.41) is 29.7. The fraction of sp³-hybridized carbons (Fsp3) is 0.385. The van der Waals surface area contributed by atoms with Crippen LogP contribution in [0.4, 0.5) is 40.5 Å². The molecule has 0 radical (unpaired) electrons. The number of benzene rings is 3. The van der Waals surface area contributed by atoms with Crippen molar-refractivity contribution in [1.29, 1.82) is 5.26 Å². The summed E-state index contributed by atoms with van der Waals surface area (Å²) in [6, 6.07) is 24.8. The zero-order valence-corrected chi connectivity index (χ0v) is 40.0. The Hall–Kier alpha value is -6.87. The highest BCUT2D eigenvalue weighted by Gasteiger charge is 2.54. The number of hydrogen-bond acceptors (Lipinski definition) is 13. The van der Waals surface area contributed by atoms with Crippen LogP contribution in [0.25, 0.3) is 0 Å². The summed E-state index contributed by atoms with van der Waals surface area (Å²) in [7, 11) is -4.61. The van der Waals surface area contributed by atoms with Crippen molar-refractivity contribution in [3.63, 3.8) is 0 Å². The molecule has 0 bridgehead atoms. The van der Waals surface area contributed by atoms with E-state index < -0.39 is 15.5 Å². The van der Waals surface area contributed by atoms with Crippen molar-refractivity contribution in [1.82, 2.24) is 25.5 Å². The van der Waals surface area contributed by atoms with Crippen LogP contribution in [0.5, 0.6) is 0 Å². The molecule has 17 heteroatoms. The maximum atomic E-state index is 13.4. The summed E-state index contributed by atoms with van der Waals surface area (Å²) in [5.41, 5.74) is 11.5. The number of aromatic amines is 1. The number of ether oxygens (including phenoxy) is 1. The van der Waals surface area contributed by atoms with Crippen molar-refractivity contribution in [2.24, 2.45) is 0 Å². The maximum absolute atomic E-state index is 13.4. The summed E-state index contributed by atoms with van der Waals surface area (Å²) >= 11 is 0. The Bertz CT molecular complexity index is 3180. The van der Waals surface area contributed by atoms with Crippen LogP contribution in [0, 0.1) is 11.3 Å². The van der Waals surface area contributed by atoms with Gasteiger partial charge in [0.1, 0.15) is 21.8 Å². The second-order valence-electron chi connectivity index (χ2n) is 20.0. The molecule has 0 spiro atoms. The van der Waals surface area contributed by atoms with Gasteiger partial charge in [-0.25, -0.2) is 8.42 Å². The van der Waals surface area contributed by atoms with Crippen LogP contribution in [0.15, 0.2) is 101 Å². The molecule has 3 aromatic carbocycles. The number of aromatic nitrogens is 4. The minimum atomic E-state index is -4.61. The first-order valence-electron chi connectivity index (χ1n) is 23.9. The van der Waals surface area contributed by atoms with Crippen LogP contribution in [-0.2, 0) is 43.3 Å². The van der Waals surface area contributed by atoms with Crippen molar-refractivity contribution in [3.05, 3.63) is 124 Å². The highest BCUT2D eigenvalue weighted by Crippen LogP contribution is 2.54. The Balaban J connectivity index is 0.754. The number of fused-ring (bicyclic) bond motifs is 8. The van der Waals surface area contributed by atoms with Gasteiger partial charge in [-0.2, -0.15) is 24.9 Å². The molecule has 1 aliphatic carbocycles. The third-order valence-electron chi connectivity index (χ3n) is 14.5. The van der Waals surface area contributed by atoms with Gasteiger partial charge in [-0.15, -0.1) is 0 Å². The molecule has 2 atom stereocenters. The largest absolute Gasteiger partial charge is 0.744 e. The quantitative estimate of drug-likeness (QED) is 0.0412. The summed E-state index contributed by atoms with van der Waals surface area (Å²) < 4.78 is 45.4. The van der Waals surface area contributed by atoms with E-state index in [9.17, 15) is 17.8 Å². The van der Waals surface area contributed by atoms with Gasteiger partial charge in [0.2, 0.25) is 17.5 Å². The molecular formula is C52H55N11O5S. The van der Waals surface area contributed by atoms with Crippen molar-refractivity contribution in [3.8, 4) is 6.07 Å². The topological polar surface area (TPSA) is 216 Å². The van der Waals surface area contributed by atoms with Gasteiger partial charge in [-0.3, -0.25) is 9.89 Å². The van der Waals surface area contributed by atoms with Gasteiger partial charge >= 0.3 is 0 Å². The highest BCUT2D eigenvalue weighted by molar-refractivity contribution is 7.85. The number of carbonyl (C=O) groups excluding carboxylic acids is 1. The van der Waals surface area contributed by atoms with E-state index in [0.29, 0.717) is 55.3 Å². The normalized spacial score (nSPS) is 20.4. The predicted molar refractivity (Wildman–Crippen MR) is 262 cm³/mol. The maximum Gasteiger partial charge on any atom is 0.231 e. The van der Waals surface area contributed by atoms with Gasteiger partial charge in [-0.05, 0) is 92.6 Å². The average molecular weight is 946 g/mol. The molecule has 7 heterocycles. The summed E-state index contributed by atoms with van der Waals surface area (Å²) in [6.07, 6.45) is 7.44. The Labute approximate surface area is 401 Å². The molecule has 0 saturated heterocycles. The lowest BCUT2D eigenvalue weighted by Crippen LogP contribution is -2.47. The minimum absolute atomic E-state index is 0.0496. The van der Waals surface area contributed by atoms with E-state index in [2.05, 4.69) is 99.0 Å². The molecule has 5 aliphatic heterocycles. The van der Waals surface area contributed by atoms with Crippen molar-refractivity contribution in [2.45, 2.75) is 106 Å². The zero-order chi connectivity index (χ0) is 47.8. The van der Waals surface area contributed by atoms with Gasteiger partial charge in [0, 0.05) is 95.1 Å². The van der Waals surface area contributed by atoms with Crippen molar-refractivity contribution < 1.29 is 27.1 Å². The molecule has 1 fully saturated rings. The standard InChI is InChI=1S/C52H55N11O5S/c1-51(2)37-24-31(8-14-40(37)62-22-17-42-35(48(51)62)27-36-43(68-42)18-23-63-41-15-13-34(69(65,66)67)26-38(41)52(3,4)49(36)63)25-47(64)55-21-5-20-54-44-29-45(57-46-28-39(60-61-46)32-9-10-32)59-50(58-44)56-33-11-6-30(7-12-33)16-19-53/h6-8,11-15,24,26-29,32,42-43H,5,9-10,16-18,20-23,25H2,1-4H3,(H5-,54,55,56,57,58,59,60,61,64,65,66,67). The fourth-order valence-corrected chi connectivity index (χ4v) is 11.6. The number of nitriles is 1. The van der Waals surface area contributed by atoms with Crippen LogP contribution >= 0.6 is 0 Å². The van der Waals surface area contributed by atoms with Gasteiger partial charge in [0.25, 0.3) is 0 Å². The summed E-state index contributed by atoms with van der Waals surface area (Å²) in [5.74, 6) is 2.74. The number of nitrogens with zero attached hydrogens (tertiary/aromatic N) is 6. The summed E-state index contributed by atoms with van der Waals surface area (Å²) in [4.78, 5) is 25.1. The molecular weight excluding hydrogens is 891 g/mol. The van der Waals surface area contributed by atoms with Gasteiger partial charge < -0.3 is 35.5 Å². The van der Waals surface area contributed by atoms with E-state index in [1.165, 1.54) is 17.3 Å². The van der Waals surface area contributed by atoms with Gasteiger partial charge in [-0.1, -0.05) is 38.1 Å². The third kappa shape index (κ3) is 8.34. The van der Waals surface area contributed by atoms with Gasteiger partial charge in [0.05, 0.1) is 41.4 Å². The molecule has 2 unspecified atom stereocenters. The van der Waals surface area contributed by atoms with E-state index >= 15 is 0 Å². The number of amides is 1. The lowest BCUT2D eigenvalue weighted by Gasteiger charge is -2.42. The summed E-state index contributed by atoms with van der Waals surface area (Å²) in [6.45, 7) is 11.3. The molecule has 16 nitrogen and oxygen atoms in total. The number of carbonyl (C=O) groups is 1. The minimum Gasteiger partial charge on any atom is -0.744 e. The van der Waals surface area contributed by atoms with E-state index in [1.54, 1.807) is 12.1 Å². The molecule has 6 aliphatic rings. The van der Waals surface area contributed by atoms with Crippen LogP contribution in [0.3, 0.4) is 0 Å². The predicted octanol–water partition coefficient (Wildman–Crippen LogP) is 7.62. The Morgan fingerprint density at radius 1 is 0.899 bits per heavy atom. The van der Waals surface area contributed by atoms with E-state index in [-0.39, 0.29) is 34.8 Å². The lowest BCUT2D eigenvalue weighted by atomic mass is 9.74. The lowest BCUT2D eigenvalue weighted by molar-refractivity contribution is -0.445. The monoisotopic (exact) mass is 945 g/mol. The van der Waals surface area contributed by atoms with Crippen LogP contribution in [0.2, 0.25) is 0 Å². The fourth-order valence-electron chi connectivity index (χ4n) is 11.1.